The van der Waals surface area contributed by atoms with Gasteiger partial charge in [0.05, 0.1) is 0 Å². The molecule has 0 aromatic carbocycles. The second kappa shape index (κ2) is 6.21. The maximum Gasteiger partial charge on any atom is 0.219 e. The van der Waals surface area contributed by atoms with E-state index in [1.54, 1.807) is 13.8 Å². The van der Waals surface area contributed by atoms with E-state index in [-0.39, 0.29) is 11.8 Å². The molecule has 0 spiro atoms. The van der Waals surface area contributed by atoms with E-state index in [0.29, 0.717) is 0 Å². The number of carbonyl (C=O) groups excluding carboxylic acids is 1. The van der Waals surface area contributed by atoms with Crippen LogP contribution in [-0.2, 0) is 4.79 Å². The first-order chi connectivity index (χ1) is 3.64. The third-order valence-electron chi connectivity index (χ3n) is 0.569. The Balaban J connectivity index is 0. The summed E-state index contributed by atoms with van der Waals surface area (Å²) >= 11 is 0. The van der Waals surface area contributed by atoms with Crippen molar-refractivity contribution in [3.05, 3.63) is 13.2 Å². The van der Waals surface area contributed by atoms with Crippen LogP contribution in [0.5, 0.6) is 0 Å². The van der Waals surface area contributed by atoms with E-state index in [4.69, 9.17) is 5.73 Å². The summed E-state index contributed by atoms with van der Waals surface area (Å²) in [6.45, 7) is 9.53. The Kier molecular flexibility index (Phi) is 7.95. The second-order valence-electron chi connectivity index (χ2n) is 1.56. The summed E-state index contributed by atoms with van der Waals surface area (Å²) in [7, 11) is 0. The molecule has 0 aliphatic rings. The van der Waals surface area contributed by atoms with E-state index in [1.165, 1.54) is 0 Å². The molecule has 0 unspecified atom stereocenters. The Hall–Kier alpha value is -0.790. The third-order valence-corrected chi connectivity index (χ3v) is 0.569. The van der Waals surface area contributed by atoms with Gasteiger partial charge in [0.25, 0.3) is 0 Å². The topological polar surface area (TPSA) is 43.1 Å². The molecule has 0 aromatic rings. The maximum atomic E-state index is 9.92. The summed E-state index contributed by atoms with van der Waals surface area (Å²) in [5, 5.41) is 0. The summed E-state index contributed by atoms with van der Waals surface area (Å²) in [6.07, 6.45) is 0. The summed E-state index contributed by atoms with van der Waals surface area (Å²) in [5.74, 6) is -0.250. The number of primary amides is 1. The Morgan fingerprint density at radius 1 is 1.50 bits per heavy atom. The minimum absolute atomic E-state index is 0.00926. The predicted molar refractivity (Wildman–Crippen MR) is 35.3 cm³/mol. The highest BCUT2D eigenvalue weighted by atomic mass is 16.1. The van der Waals surface area contributed by atoms with E-state index in [1.807, 2.05) is 0 Å². The van der Waals surface area contributed by atoms with Crippen molar-refractivity contribution < 1.29 is 4.79 Å². The number of carbonyl (C=O) groups is 1. The van der Waals surface area contributed by atoms with Crippen LogP contribution in [0, 0.1) is 5.92 Å². The smallest absolute Gasteiger partial charge is 0.219 e. The highest BCUT2D eigenvalue weighted by Crippen LogP contribution is 1.84. The largest absolute Gasteiger partial charge is 0.369 e. The van der Waals surface area contributed by atoms with Crippen molar-refractivity contribution in [2.24, 2.45) is 11.7 Å². The number of nitrogens with two attached hydrogens (primary N) is 1. The number of hydrogen-bond acceptors (Lipinski definition) is 1. The molecule has 0 saturated carbocycles. The van der Waals surface area contributed by atoms with Gasteiger partial charge in [-0.3, -0.25) is 4.79 Å². The maximum absolute atomic E-state index is 9.92. The molecule has 0 heterocycles. The van der Waals surface area contributed by atoms with Crippen molar-refractivity contribution in [3.8, 4) is 0 Å². The van der Waals surface area contributed by atoms with E-state index in [0.717, 1.165) is 0 Å². The van der Waals surface area contributed by atoms with E-state index < -0.39 is 0 Å². The lowest BCUT2D eigenvalue weighted by Crippen LogP contribution is -2.17. The molecule has 2 heteroatoms. The average Bonchev–Trinajstić information content (AvgIpc) is 1.72. The van der Waals surface area contributed by atoms with E-state index >= 15 is 0 Å². The standard InChI is InChI=1S/C4H9NO.C2H4/c1-3(2)4(5)6;1-2/h3H,1-2H3,(H2,5,6);1-2H2. The molecule has 0 saturated heterocycles. The van der Waals surface area contributed by atoms with Gasteiger partial charge in [0.15, 0.2) is 0 Å². The molecule has 0 aliphatic carbocycles. The molecule has 0 bridgehead atoms. The van der Waals surface area contributed by atoms with E-state index in [9.17, 15) is 4.79 Å². The third kappa shape index (κ3) is 8.96. The average molecular weight is 115 g/mol. The van der Waals surface area contributed by atoms with Crippen molar-refractivity contribution in [2.75, 3.05) is 0 Å². The van der Waals surface area contributed by atoms with Crippen LogP contribution in [-0.4, -0.2) is 5.91 Å². The first-order valence-electron chi connectivity index (χ1n) is 2.44. The zero-order valence-corrected chi connectivity index (χ0v) is 5.48. The fourth-order valence-electron chi connectivity index (χ4n) is 0. The zero-order valence-electron chi connectivity index (χ0n) is 5.48. The number of amides is 1. The van der Waals surface area contributed by atoms with Crippen LogP contribution in [0.1, 0.15) is 13.8 Å². The molecular formula is C6H13NO. The van der Waals surface area contributed by atoms with Gasteiger partial charge in [0, 0.05) is 5.92 Å². The molecule has 0 aromatic heterocycles. The second-order valence-corrected chi connectivity index (χ2v) is 1.56. The van der Waals surface area contributed by atoms with Gasteiger partial charge < -0.3 is 5.73 Å². The molecule has 48 valence electrons. The van der Waals surface area contributed by atoms with Gasteiger partial charge in [0.2, 0.25) is 5.91 Å². The fourth-order valence-corrected chi connectivity index (χ4v) is 0. The highest BCUT2D eigenvalue weighted by molar-refractivity contribution is 5.75. The van der Waals surface area contributed by atoms with Gasteiger partial charge in [-0.15, -0.1) is 13.2 Å². The fraction of sp³-hybridized carbons (Fsp3) is 0.500. The van der Waals surface area contributed by atoms with Gasteiger partial charge >= 0.3 is 0 Å². The summed E-state index contributed by atoms with van der Waals surface area (Å²) < 4.78 is 0. The summed E-state index contributed by atoms with van der Waals surface area (Å²) in [6, 6.07) is 0. The minimum Gasteiger partial charge on any atom is -0.369 e. The lowest BCUT2D eigenvalue weighted by Gasteiger charge is -1.90. The molecule has 0 fully saturated rings. The van der Waals surface area contributed by atoms with Gasteiger partial charge in [-0.25, -0.2) is 0 Å². The van der Waals surface area contributed by atoms with Crippen LogP contribution in [0.15, 0.2) is 13.2 Å². The van der Waals surface area contributed by atoms with Crippen LogP contribution in [0.25, 0.3) is 0 Å². The molecule has 2 nitrogen and oxygen atoms in total. The van der Waals surface area contributed by atoms with Gasteiger partial charge in [-0.2, -0.15) is 0 Å². The first-order valence-corrected chi connectivity index (χ1v) is 2.44. The molecule has 1 amide bonds. The van der Waals surface area contributed by atoms with E-state index in [2.05, 4.69) is 13.2 Å². The van der Waals surface area contributed by atoms with Crippen molar-refractivity contribution in [2.45, 2.75) is 13.8 Å². The van der Waals surface area contributed by atoms with Gasteiger partial charge in [-0.05, 0) is 0 Å². The molecule has 0 atom stereocenters. The molecule has 0 radical (unpaired) electrons. The number of hydrogen-bond donors (Lipinski definition) is 1. The minimum atomic E-state index is -0.241. The van der Waals surface area contributed by atoms with Crippen LogP contribution in [0.2, 0.25) is 0 Å². The Morgan fingerprint density at radius 2 is 1.62 bits per heavy atom. The van der Waals surface area contributed by atoms with Crippen LogP contribution < -0.4 is 5.73 Å². The lowest BCUT2D eigenvalue weighted by molar-refractivity contribution is -0.120. The number of rotatable bonds is 1. The Labute approximate surface area is 50.4 Å². The highest BCUT2D eigenvalue weighted by Gasteiger charge is 1.96. The van der Waals surface area contributed by atoms with Crippen molar-refractivity contribution in [1.29, 1.82) is 0 Å². The normalized spacial score (nSPS) is 7.38. The van der Waals surface area contributed by atoms with Crippen molar-refractivity contribution in [3.63, 3.8) is 0 Å². The monoisotopic (exact) mass is 115 g/mol. The summed E-state index contributed by atoms with van der Waals surface area (Å²) in [4.78, 5) is 9.92. The van der Waals surface area contributed by atoms with Crippen LogP contribution in [0.3, 0.4) is 0 Å². The molecule has 0 aliphatic heterocycles. The first kappa shape index (κ1) is 10.2. The van der Waals surface area contributed by atoms with Crippen LogP contribution in [0.4, 0.5) is 0 Å². The Bertz CT molecular complexity index is 68.9. The molecule has 8 heavy (non-hydrogen) atoms. The zero-order chi connectivity index (χ0) is 7.15. The molecule has 0 rings (SSSR count). The van der Waals surface area contributed by atoms with Crippen molar-refractivity contribution >= 4 is 5.91 Å². The quantitative estimate of drug-likeness (QED) is 0.507. The molecular weight excluding hydrogens is 102 g/mol. The van der Waals surface area contributed by atoms with Crippen LogP contribution >= 0.6 is 0 Å². The lowest BCUT2D eigenvalue weighted by atomic mass is 10.2. The molecule has 2 N–H and O–H groups in total. The van der Waals surface area contributed by atoms with Gasteiger partial charge in [-0.1, -0.05) is 13.8 Å². The summed E-state index contributed by atoms with van der Waals surface area (Å²) in [5.41, 5.74) is 4.80. The van der Waals surface area contributed by atoms with Gasteiger partial charge in [0.1, 0.15) is 0 Å². The van der Waals surface area contributed by atoms with Crippen molar-refractivity contribution in [1.82, 2.24) is 0 Å². The predicted octanol–water partition coefficient (Wildman–Crippen LogP) is 0.930. The Morgan fingerprint density at radius 3 is 1.62 bits per heavy atom. The SMILES string of the molecule is C=C.CC(C)C(N)=O.